The smallest absolute Gasteiger partial charge is 0.163 e. The number of hydrogen-bond donors (Lipinski definition) is 0. The molecule has 1 aromatic carbocycles. The van der Waals surface area contributed by atoms with E-state index in [-0.39, 0.29) is 11.6 Å². The number of carbonyl (C=O) groups excluding carboxylic acids is 1. The maximum atomic E-state index is 13.6. The maximum Gasteiger partial charge on any atom is 0.163 e. The van der Waals surface area contributed by atoms with Crippen LogP contribution in [0.4, 0.5) is 4.39 Å². The fraction of sp³-hybridized carbons (Fsp3) is 0.167. The van der Waals surface area contributed by atoms with Gasteiger partial charge in [0.05, 0.1) is 17.5 Å². The van der Waals surface area contributed by atoms with Crippen molar-refractivity contribution in [3.63, 3.8) is 0 Å². The quantitative estimate of drug-likeness (QED) is 0.725. The van der Waals surface area contributed by atoms with Crippen molar-refractivity contribution in [3.8, 4) is 11.3 Å². The van der Waals surface area contributed by atoms with Crippen molar-refractivity contribution >= 4 is 5.78 Å². The van der Waals surface area contributed by atoms with Gasteiger partial charge >= 0.3 is 0 Å². The first-order valence-corrected chi connectivity index (χ1v) is 4.89. The Hall–Kier alpha value is -1.97. The number of Topliss-reactive ketones (excluding diaryl/α,β-unsaturated/α-hetero) is 1. The molecule has 0 atom stereocenters. The zero-order valence-corrected chi connectivity index (χ0v) is 9.07. The topological polar surface area (TPSA) is 34.9 Å². The van der Waals surface area contributed by atoms with Gasteiger partial charge in [-0.1, -0.05) is 12.1 Å². The number of nitrogens with zero attached hydrogens (tertiary/aromatic N) is 2. The summed E-state index contributed by atoms with van der Waals surface area (Å²) in [5.74, 6) is -0.472. The highest BCUT2D eigenvalue weighted by molar-refractivity contribution is 5.99. The summed E-state index contributed by atoms with van der Waals surface area (Å²) in [6.07, 6.45) is 1.46. The van der Waals surface area contributed by atoms with Crippen molar-refractivity contribution in [1.29, 1.82) is 0 Å². The summed E-state index contributed by atoms with van der Waals surface area (Å²) in [7, 11) is 1.69. The molecule has 2 rings (SSSR count). The average molecular weight is 218 g/mol. The van der Waals surface area contributed by atoms with Crippen LogP contribution in [-0.4, -0.2) is 15.6 Å². The molecule has 0 unspecified atom stereocenters. The fourth-order valence-corrected chi connectivity index (χ4v) is 1.67. The molecule has 0 bridgehead atoms. The van der Waals surface area contributed by atoms with E-state index < -0.39 is 0 Å². The SMILES string of the molecule is CC(=O)c1cnn(C)c1-c1ccccc1F. The molecule has 1 aromatic heterocycles. The Kier molecular flexibility index (Phi) is 2.56. The van der Waals surface area contributed by atoms with Gasteiger partial charge in [0.1, 0.15) is 5.82 Å². The van der Waals surface area contributed by atoms with Crippen molar-refractivity contribution in [1.82, 2.24) is 9.78 Å². The van der Waals surface area contributed by atoms with E-state index >= 15 is 0 Å². The number of halogens is 1. The van der Waals surface area contributed by atoms with Crippen molar-refractivity contribution in [2.45, 2.75) is 6.92 Å². The highest BCUT2D eigenvalue weighted by Crippen LogP contribution is 2.25. The average Bonchev–Trinajstić information content (AvgIpc) is 2.61. The number of hydrogen-bond acceptors (Lipinski definition) is 2. The van der Waals surface area contributed by atoms with Gasteiger partial charge in [0.25, 0.3) is 0 Å². The minimum atomic E-state index is -0.353. The lowest BCUT2D eigenvalue weighted by Crippen LogP contribution is -2.00. The van der Waals surface area contributed by atoms with Crippen molar-refractivity contribution in [2.24, 2.45) is 7.05 Å². The van der Waals surface area contributed by atoms with E-state index in [9.17, 15) is 9.18 Å². The maximum absolute atomic E-state index is 13.6. The molecule has 2 aromatic rings. The van der Waals surface area contributed by atoms with Crippen LogP contribution >= 0.6 is 0 Å². The Morgan fingerprint density at radius 3 is 2.69 bits per heavy atom. The monoisotopic (exact) mass is 218 g/mol. The molecule has 82 valence electrons. The van der Waals surface area contributed by atoms with Gasteiger partial charge in [0.2, 0.25) is 0 Å². The van der Waals surface area contributed by atoms with Crippen molar-refractivity contribution in [3.05, 3.63) is 41.8 Å². The highest BCUT2D eigenvalue weighted by atomic mass is 19.1. The number of carbonyl (C=O) groups is 1. The van der Waals surface area contributed by atoms with Gasteiger partial charge in [-0.15, -0.1) is 0 Å². The van der Waals surface area contributed by atoms with Crippen LogP contribution < -0.4 is 0 Å². The number of aromatic nitrogens is 2. The molecular weight excluding hydrogens is 207 g/mol. The van der Waals surface area contributed by atoms with Gasteiger partial charge in [0.15, 0.2) is 5.78 Å². The Labute approximate surface area is 92.5 Å². The van der Waals surface area contributed by atoms with Crippen LogP contribution in [0.5, 0.6) is 0 Å². The Morgan fingerprint density at radius 2 is 2.06 bits per heavy atom. The van der Waals surface area contributed by atoms with Crippen LogP contribution in [0.1, 0.15) is 17.3 Å². The Balaban J connectivity index is 2.68. The molecule has 0 amide bonds. The minimum absolute atomic E-state index is 0.119. The molecule has 0 spiro atoms. The van der Waals surface area contributed by atoms with Gasteiger partial charge in [-0.2, -0.15) is 5.10 Å². The fourth-order valence-electron chi connectivity index (χ4n) is 1.67. The second kappa shape index (κ2) is 3.89. The number of benzene rings is 1. The van der Waals surface area contributed by atoms with E-state index in [1.54, 1.807) is 25.2 Å². The third-order valence-electron chi connectivity index (χ3n) is 2.45. The van der Waals surface area contributed by atoms with Gasteiger partial charge < -0.3 is 0 Å². The molecule has 4 heteroatoms. The lowest BCUT2D eigenvalue weighted by atomic mass is 10.1. The first-order valence-electron chi connectivity index (χ1n) is 4.89. The second-order valence-corrected chi connectivity index (χ2v) is 3.57. The lowest BCUT2D eigenvalue weighted by molar-refractivity contribution is 0.101. The normalized spacial score (nSPS) is 10.4. The van der Waals surface area contributed by atoms with Crippen LogP contribution in [0.3, 0.4) is 0 Å². The molecule has 0 saturated carbocycles. The first kappa shape index (κ1) is 10.5. The van der Waals surface area contributed by atoms with Gasteiger partial charge in [-0.05, 0) is 19.1 Å². The molecule has 0 saturated heterocycles. The van der Waals surface area contributed by atoms with Crippen LogP contribution in [0.15, 0.2) is 30.5 Å². The van der Waals surface area contributed by atoms with E-state index in [4.69, 9.17) is 0 Å². The van der Waals surface area contributed by atoms with Gasteiger partial charge in [-0.3, -0.25) is 9.48 Å². The zero-order valence-electron chi connectivity index (χ0n) is 9.07. The molecule has 3 nitrogen and oxygen atoms in total. The summed E-state index contributed by atoms with van der Waals surface area (Å²) in [4.78, 5) is 11.4. The third kappa shape index (κ3) is 1.62. The van der Waals surface area contributed by atoms with E-state index in [2.05, 4.69) is 5.10 Å². The summed E-state index contributed by atoms with van der Waals surface area (Å²) in [6, 6.07) is 6.35. The predicted octanol–water partition coefficient (Wildman–Crippen LogP) is 2.43. The largest absolute Gasteiger partial charge is 0.294 e. The Bertz CT molecular complexity index is 546. The summed E-state index contributed by atoms with van der Waals surface area (Å²) < 4.78 is 15.1. The van der Waals surface area contributed by atoms with Crippen LogP contribution in [0, 0.1) is 5.82 Å². The van der Waals surface area contributed by atoms with Crippen molar-refractivity contribution < 1.29 is 9.18 Å². The summed E-state index contributed by atoms with van der Waals surface area (Å²) in [6.45, 7) is 1.45. The third-order valence-corrected chi connectivity index (χ3v) is 2.45. The molecule has 1 heterocycles. The number of aryl methyl sites for hydroxylation is 1. The summed E-state index contributed by atoms with van der Waals surface area (Å²) >= 11 is 0. The number of rotatable bonds is 2. The summed E-state index contributed by atoms with van der Waals surface area (Å²) in [5, 5.41) is 3.98. The molecule has 0 aliphatic rings. The van der Waals surface area contributed by atoms with E-state index in [0.717, 1.165) is 0 Å². The predicted molar refractivity (Wildman–Crippen MR) is 58.6 cm³/mol. The van der Waals surface area contributed by atoms with Crippen LogP contribution in [0.25, 0.3) is 11.3 Å². The Morgan fingerprint density at radius 1 is 1.38 bits per heavy atom. The molecular formula is C12H11FN2O. The summed E-state index contributed by atoms with van der Waals surface area (Å²) in [5.41, 5.74) is 1.35. The van der Waals surface area contributed by atoms with E-state index in [1.807, 2.05) is 0 Å². The molecule has 16 heavy (non-hydrogen) atoms. The highest BCUT2D eigenvalue weighted by Gasteiger charge is 2.16. The van der Waals surface area contributed by atoms with Gasteiger partial charge in [0, 0.05) is 12.6 Å². The first-order chi connectivity index (χ1) is 7.61. The number of ketones is 1. The van der Waals surface area contributed by atoms with Crippen LogP contribution in [0.2, 0.25) is 0 Å². The molecule has 0 aliphatic heterocycles. The molecule has 0 N–H and O–H groups in total. The van der Waals surface area contributed by atoms with Crippen LogP contribution in [-0.2, 0) is 7.05 Å². The molecule has 0 fully saturated rings. The minimum Gasteiger partial charge on any atom is -0.294 e. The lowest BCUT2D eigenvalue weighted by Gasteiger charge is -2.05. The van der Waals surface area contributed by atoms with Gasteiger partial charge in [-0.25, -0.2) is 4.39 Å². The standard InChI is InChI=1S/C12H11FN2O/c1-8(16)10-7-14-15(2)12(10)9-5-3-4-6-11(9)13/h3-7H,1-2H3. The zero-order chi connectivity index (χ0) is 11.7. The van der Waals surface area contributed by atoms with E-state index in [0.29, 0.717) is 16.8 Å². The second-order valence-electron chi connectivity index (χ2n) is 3.57. The van der Waals surface area contributed by atoms with Crippen molar-refractivity contribution in [2.75, 3.05) is 0 Å². The van der Waals surface area contributed by atoms with E-state index in [1.165, 1.54) is 23.9 Å². The molecule has 0 radical (unpaired) electrons. The molecule has 0 aliphatic carbocycles.